The summed E-state index contributed by atoms with van der Waals surface area (Å²) < 4.78 is 4.85. The lowest BCUT2D eigenvalue weighted by molar-refractivity contribution is -0.136. The maximum atomic E-state index is 12.5. The molecule has 0 aliphatic carbocycles. The van der Waals surface area contributed by atoms with Crippen LogP contribution in [0.15, 0.2) is 0 Å². The van der Waals surface area contributed by atoms with E-state index >= 15 is 0 Å². The largest absolute Gasteiger partial charge is 0.447 e. The highest BCUT2D eigenvalue weighted by Crippen LogP contribution is 2.37. The average Bonchev–Trinajstić information content (AvgIpc) is 2.57. The molecule has 1 unspecified atom stereocenters. The fourth-order valence-electron chi connectivity index (χ4n) is 2.16. The van der Waals surface area contributed by atoms with Gasteiger partial charge in [0.05, 0.1) is 6.54 Å². The van der Waals surface area contributed by atoms with E-state index in [4.69, 9.17) is 4.74 Å². The summed E-state index contributed by atoms with van der Waals surface area (Å²) in [5.74, 6) is -0.261. The Morgan fingerprint density at radius 1 is 1.28 bits per heavy atom. The van der Waals surface area contributed by atoms with E-state index in [1.807, 2.05) is 20.8 Å². The first kappa shape index (κ1) is 15.0. The van der Waals surface area contributed by atoms with Crippen molar-refractivity contribution in [3.63, 3.8) is 0 Å². The van der Waals surface area contributed by atoms with E-state index in [2.05, 4.69) is 20.8 Å². The van der Waals surface area contributed by atoms with Crippen LogP contribution in [0.2, 0.25) is 0 Å². The van der Waals surface area contributed by atoms with Crippen LogP contribution in [-0.2, 0) is 9.53 Å². The molecule has 1 aliphatic heterocycles. The quantitative estimate of drug-likeness (QED) is 0.762. The molecule has 0 N–H and O–H groups in total. The predicted molar refractivity (Wildman–Crippen MR) is 70.1 cm³/mol. The summed E-state index contributed by atoms with van der Waals surface area (Å²) in [5, 5.41) is 0. The van der Waals surface area contributed by atoms with Crippen LogP contribution >= 0.6 is 0 Å². The van der Waals surface area contributed by atoms with E-state index < -0.39 is 6.09 Å². The first-order valence-electron chi connectivity index (χ1n) is 6.50. The Morgan fingerprint density at radius 2 is 1.83 bits per heavy atom. The summed E-state index contributed by atoms with van der Waals surface area (Å²) in [6.45, 7) is 13.2. The molecular formula is C14H25NO3. The molecule has 1 saturated heterocycles. The van der Waals surface area contributed by atoms with Crippen molar-refractivity contribution in [1.82, 2.24) is 4.90 Å². The van der Waals surface area contributed by atoms with Crippen molar-refractivity contribution in [3.05, 3.63) is 0 Å². The molecule has 104 valence electrons. The number of imide groups is 1. The van der Waals surface area contributed by atoms with Crippen molar-refractivity contribution >= 4 is 12.0 Å². The number of rotatable bonds is 2. The van der Waals surface area contributed by atoms with Gasteiger partial charge in [0.1, 0.15) is 6.61 Å². The molecule has 0 aromatic heterocycles. The molecule has 0 radical (unpaired) electrons. The first-order chi connectivity index (χ1) is 8.02. The molecule has 0 saturated carbocycles. The topological polar surface area (TPSA) is 46.6 Å². The van der Waals surface area contributed by atoms with Crippen molar-refractivity contribution in [2.45, 2.75) is 48.0 Å². The maximum Gasteiger partial charge on any atom is 0.416 e. The molecule has 4 nitrogen and oxygen atoms in total. The summed E-state index contributed by atoms with van der Waals surface area (Å²) in [5.41, 5.74) is -0.107. The number of hydrogen-bond acceptors (Lipinski definition) is 3. The Hall–Kier alpha value is -1.06. The third kappa shape index (κ3) is 3.72. The van der Waals surface area contributed by atoms with Gasteiger partial charge in [0, 0.05) is 5.92 Å². The van der Waals surface area contributed by atoms with E-state index in [1.165, 1.54) is 4.90 Å². The van der Waals surface area contributed by atoms with Crippen LogP contribution in [0.25, 0.3) is 0 Å². The third-order valence-corrected chi connectivity index (χ3v) is 3.19. The zero-order valence-corrected chi connectivity index (χ0v) is 12.4. The lowest BCUT2D eigenvalue weighted by atomic mass is 9.71. The van der Waals surface area contributed by atoms with Crippen LogP contribution in [0.5, 0.6) is 0 Å². The van der Waals surface area contributed by atoms with Crippen molar-refractivity contribution in [3.8, 4) is 0 Å². The van der Waals surface area contributed by atoms with Crippen molar-refractivity contribution in [1.29, 1.82) is 0 Å². The minimum atomic E-state index is -0.497. The lowest BCUT2D eigenvalue weighted by Gasteiger charge is -2.35. The Bertz CT molecular complexity index is 336. The normalized spacial score (nSPS) is 18.8. The van der Waals surface area contributed by atoms with Gasteiger partial charge in [0.2, 0.25) is 5.91 Å². The number of nitrogens with zero attached hydrogens (tertiary/aromatic N) is 1. The van der Waals surface area contributed by atoms with E-state index in [0.29, 0.717) is 13.2 Å². The number of amides is 2. The average molecular weight is 255 g/mol. The molecule has 0 aromatic rings. The Morgan fingerprint density at radius 3 is 2.17 bits per heavy atom. The van der Waals surface area contributed by atoms with Crippen LogP contribution in [0.3, 0.4) is 0 Å². The van der Waals surface area contributed by atoms with Crippen LogP contribution in [-0.4, -0.2) is 30.1 Å². The van der Waals surface area contributed by atoms with Gasteiger partial charge in [-0.25, -0.2) is 9.69 Å². The second-order valence-electron chi connectivity index (χ2n) is 7.29. The van der Waals surface area contributed by atoms with Crippen LogP contribution in [0, 0.1) is 16.7 Å². The second kappa shape index (κ2) is 4.90. The van der Waals surface area contributed by atoms with Gasteiger partial charge in [0.15, 0.2) is 0 Å². The molecule has 18 heavy (non-hydrogen) atoms. The molecule has 1 fully saturated rings. The van der Waals surface area contributed by atoms with Gasteiger partial charge in [-0.05, 0) is 17.3 Å². The van der Waals surface area contributed by atoms with Gasteiger partial charge >= 0.3 is 6.09 Å². The fraction of sp³-hybridized carbons (Fsp3) is 0.857. The summed E-state index contributed by atoms with van der Waals surface area (Å²) in [6, 6.07) is 0. The number of carbonyl (C=O) groups is 2. The lowest BCUT2D eigenvalue weighted by Crippen LogP contribution is -2.43. The number of hydrogen-bond donors (Lipinski definition) is 0. The van der Waals surface area contributed by atoms with Crippen LogP contribution < -0.4 is 0 Å². The summed E-state index contributed by atoms with van der Waals surface area (Å²) >= 11 is 0. The first-order valence-corrected chi connectivity index (χ1v) is 6.50. The highest BCUT2D eigenvalue weighted by atomic mass is 16.6. The van der Waals surface area contributed by atoms with Gasteiger partial charge < -0.3 is 4.74 Å². The second-order valence-corrected chi connectivity index (χ2v) is 7.29. The number of carbonyl (C=O) groups excluding carboxylic acids is 2. The van der Waals surface area contributed by atoms with Crippen molar-refractivity contribution < 1.29 is 14.3 Å². The molecule has 0 spiro atoms. The SMILES string of the molecule is CC(C)(C)CC(C(=O)N1CCOC1=O)C(C)(C)C. The number of ether oxygens (including phenoxy) is 1. The summed E-state index contributed by atoms with van der Waals surface area (Å²) in [6.07, 6.45) is 0.266. The van der Waals surface area contributed by atoms with Crippen LogP contribution in [0.4, 0.5) is 4.79 Å². The molecule has 1 atom stereocenters. The minimum Gasteiger partial charge on any atom is -0.447 e. The van der Waals surface area contributed by atoms with Crippen molar-refractivity contribution in [2.75, 3.05) is 13.2 Å². The molecule has 4 heteroatoms. The fourth-order valence-corrected chi connectivity index (χ4v) is 2.16. The van der Waals surface area contributed by atoms with Gasteiger partial charge in [0.25, 0.3) is 0 Å². The molecule has 1 heterocycles. The molecule has 1 aliphatic rings. The molecule has 0 bridgehead atoms. The third-order valence-electron chi connectivity index (χ3n) is 3.19. The smallest absolute Gasteiger partial charge is 0.416 e. The summed E-state index contributed by atoms with van der Waals surface area (Å²) in [7, 11) is 0. The molecule has 2 amide bonds. The zero-order chi connectivity index (χ0) is 14.1. The zero-order valence-electron chi connectivity index (χ0n) is 12.4. The highest BCUT2D eigenvalue weighted by molar-refractivity contribution is 5.94. The van der Waals surface area contributed by atoms with Gasteiger partial charge in [-0.15, -0.1) is 0 Å². The predicted octanol–water partition coefficient (Wildman–Crippen LogP) is 3.06. The van der Waals surface area contributed by atoms with Gasteiger partial charge in [-0.2, -0.15) is 0 Å². The Kier molecular flexibility index (Phi) is 4.08. The van der Waals surface area contributed by atoms with E-state index in [1.54, 1.807) is 0 Å². The monoisotopic (exact) mass is 255 g/mol. The maximum absolute atomic E-state index is 12.5. The van der Waals surface area contributed by atoms with E-state index in [0.717, 1.165) is 6.42 Å². The Balaban J connectivity index is 2.90. The van der Waals surface area contributed by atoms with Crippen molar-refractivity contribution in [2.24, 2.45) is 16.7 Å². The van der Waals surface area contributed by atoms with Crippen LogP contribution in [0.1, 0.15) is 48.0 Å². The van der Waals surface area contributed by atoms with E-state index in [9.17, 15) is 9.59 Å². The van der Waals surface area contributed by atoms with Gasteiger partial charge in [-0.1, -0.05) is 41.5 Å². The van der Waals surface area contributed by atoms with E-state index in [-0.39, 0.29) is 22.7 Å². The van der Waals surface area contributed by atoms with Gasteiger partial charge in [-0.3, -0.25) is 4.79 Å². The summed E-state index contributed by atoms with van der Waals surface area (Å²) in [4.78, 5) is 25.3. The standard InChI is InChI=1S/C14H25NO3/c1-13(2,3)9-10(14(4,5)6)11(16)15-7-8-18-12(15)17/h10H,7-9H2,1-6H3. The molecule has 0 aromatic carbocycles. The highest BCUT2D eigenvalue weighted by Gasteiger charge is 2.40. The molecule has 1 rings (SSSR count). The Labute approximate surface area is 110 Å². The minimum absolute atomic E-state index is 0.0528. The molecular weight excluding hydrogens is 230 g/mol. The number of cyclic esters (lactones) is 1.